The van der Waals surface area contributed by atoms with E-state index in [-0.39, 0.29) is 11.3 Å². The van der Waals surface area contributed by atoms with Crippen molar-refractivity contribution in [3.63, 3.8) is 0 Å². The Hall–Kier alpha value is -1.42. The Kier molecular flexibility index (Phi) is 3.51. The van der Waals surface area contributed by atoms with Gasteiger partial charge in [0.25, 0.3) is 0 Å². The third-order valence-corrected chi connectivity index (χ3v) is 4.85. The predicted octanol–water partition coefficient (Wildman–Crippen LogP) is 3.54. The Morgan fingerprint density at radius 1 is 1.42 bits per heavy atom. The Balaban J connectivity index is 1.94. The zero-order valence-electron chi connectivity index (χ0n) is 11.1. The summed E-state index contributed by atoms with van der Waals surface area (Å²) in [4.78, 5) is 17.4. The van der Waals surface area contributed by atoms with Gasteiger partial charge < -0.3 is 9.88 Å². The zero-order chi connectivity index (χ0) is 13.2. The number of hydrogen-bond donors (Lipinski definition) is 1. The number of nitrogens with zero attached hydrogens (tertiary/aromatic N) is 1. The summed E-state index contributed by atoms with van der Waals surface area (Å²) in [7, 11) is 0. The molecule has 0 bridgehead atoms. The number of amides is 1. The van der Waals surface area contributed by atoms with E-state index in [1.165, 1.54) is 10.9 Å². The van der Waals surface area contributed by atoms with E-state index in [2.05, 4.69) is 36.3 Å². The van der Waals surface area contributed by atoms with Gasteiger partial charge in [0.15, 0.2) is 0 Å². The summed E-state index contributed by atoms with van der Waals surface area (Å²) in [5.74, 6) is 0.877. The van der Waals surface area contributed by atoms with Gasteiger partial charge in [0, 0.05) is 29.2 Å². The molecule has 3 nitrogen and oxygen atoms in total. The Morgan fingerprint density at radius 3 is 3.11 bits per heavy atom. The molecular formula is C15H18N2OS. The summed E-state index contributed by atoms with van der Waals surface area (Å²) in [6.07, 6.45) is 4.25. The van der Waals surface area contributed by atoms with Gasteiger partial charge in [-0.25, -0.2) is 0 Å². The molecule has 4 heteroatoms. The summed E-state index contributed by atoms with van der Waals surface area (Å²) < 4.78 is 0. The van der Waals surface area contributed by atoms with E-state index in [9.17, 15) is 4.79 Å². The highest BCUT2D eigenvalue weighted by molar-refractivity contribution is 8.00. The van der Waals surface area contributed by atoms with Crippen LogP contribution in [0.2, 0.25) is 0 Å². The summed E-state index contributed by atoms with van der Waals surface area (Å²) in [5, 5.41) is 1.41. The van der Waals surface area contributed by atoms with E-state index < -0.39 is 0 Å². The van der Waals surface area contributed by atoms with Crippen LogP contribution in [0.4, 0.5) is 0 Å². The first kappa shape index (κ1) is 12.6. The first-order valence-electron chi connectivity index (χ1n) is 6.78. The molecule has 100 valence electrons. The fourth-order valence-electron chi connectivity index (χ4n) is 2.58. The van der Waals surface area contributed by atoms with E-state index in [1.54, 1.807) is 11.8 Å². The number of aromatic nitrogens is 1. The minimum atomic E-state index is 0.176. The SMILES string of the molecule is CCCCN1C(=O)CSC1c1c[nH]c2ccccc12. The molecule has 0 spiro atoms. The second-order valence-electron chi connectivity index (χ2n) is 4.89. The van der Waals surface area contributed by atoms with Crippen LogP contribution in [0.15, 0.2) is 30.5 Å². The molecular weight excluding hydrogens is 256 g/mol. The average Bonchev–Trinajstić information content (AvgIpc) is 3.00. The van der Waals surface area contributed by atoms with Gasteiger partial charge in [0.1, 0.15) is 5.37 Å². The van der Waals surface area contributed by atoms with E-state index in [4.69, 9.17) is 0 Å². The molecule has 0 radical (unpaired) electrons. The minimum Gasteiger partial charge on any atom is -0.361 e. The van der Waals surface area contributed by atoms with Crippen molar-refractivity contribution in [3.8, 4) is 0 Å². The van der Waals surface area contributed by atoms with Crippen LogP contribution in [0.3, 0.4) is 0 Å². The summed E-state index contributed by atoms with van der Waals surface area (Å²) in [5.41, 5.74) is 2.38. The number of carbonyl (C=O) groups excluding carboxylic acids is 1. The Bertz CT molecular complexity index is 593. The maximum Gasteiger partial charge on any atom is 0.233 e. The molecule has 19 heavy (non-hydrogen) atoms. The van der Waals surface area contributed by atoms with Gasteiger partial charge >= 0.3 is 0 Å². The number of fused-ring (bicyclic) bond motifs is 1. The lowest BCUT2D eigenvalue weighted by atomic mass is 10.1. The molecule has 0 saturated carbocycles. The number of thioether (sulfide) groups is 1. The van der Waals surface area contributed by atoms with Gasteiger partial charge in [0.05, 0.1) is 5.75 Å². The van der Waals surface area contributed by atoms with Crippen molar-refractivity contribution in [2.45, 2.75) is 25.1 Å². The van der Waals surface area contributed by atoms with Crippen LogP contribution >= 0.6 is 11.8 Å². The number of H-pyrrole nitrogens is 1. The van der Waals surface area contributed by atoms with Crippen LogP contribution in [-0.4, -0.2) is 28.1 Å². The lowest BCUT2D eigenvalue weighted by molar-refractivity contribution is -0.128. The quantitative estimate of drug-likeness (QED) is 0.925. The van der Waals surface area contributed by atoms with Crippen molar-refractivity contribution in [3.05, 3.63) is 36.0 Å². The molecule has 1 unspecified atom stereocenters. The Morgan fingerprint density at radius 2 is 2.26 bits per heavy atom. The Labute approximate surface area is 117 Å². The van der Waals surface area contributed by atoms with E-state index in [0.29, 0.717) is 5.75 Å². The van der Waals surface area contributed by atoms with Gasteiger partial charge in [-0.2, -0.15) is 0 Å². The second kappa shape index (κ2) is 5.29. The van der Waals surface area contributed by atoms with Crippen molar-refractivity contribution in [2.24, 2.45) is 0 Å². The average molecular weight is 274 g/mol. The van der Waals surface area contributed by atoms with Crippen molar-refractivity contribution in [1.82, 2.24) is 9.88 Å². The van der Waals surface area contributed by atoms with Gasteiger partial charge in [-0.15, -0.1) is 11.8 Å². The predicted molar refractivity (Wildman–Crippen MR) is 80.1 cm³/mol. The first-order valence-corrected chi connectivity index (χ1v) is 7.83. The third kappa shape index (κ3) is 2.25. The molecule has 1 N–H and O–H groups in total. The molecule has 1 aliphatic heterocycles. The molecule has 3 rings (SSSR count). The van der Waals surface area contributed by atoms with E-state index >= 15 is 0 Å². The minimum absolute atomic E-state index is 0.176. The van der Waals surface area contributed by atoms with Crippen LogP contribution in [0.25, 0.3) is 10.9 Å². The zero-order valence-corrected chi connectivity index (χ0v) is 11.9. The largest absolute Gasteiger partial charge is 0.361 e. The first-order chi connectivity index (χ1) is 9.31. The van der Waals surface area contributed by atoms with Crippen LogP contribution in [0.5, 0.6) is 0 Å². The molecule has 0 aliphatic carbocycles. The number of nitrogens with one attached hydrogen (secondary N) is 1. The maximum atomic E-state index is 12.0. The molecule has 1 saturated heterocycles. The molecule has 1 atom stereocenters. The van der Waals surface area contributed by atoms with Gasteiger partial charge in [-0.1, -0.05) is 31.5 Å². The topological polar surface area (TPSA) is 36.1 Å². The number of para-hydroxylation sites is 1. The number of rotatable bonds is 4. The number of unbranched alkanes of at least 4 members (excludes halogenated alkanes) is 1. The number of aromatic amines is 1. The molecule has 2 aromatic rings. The van der Waals surface area contributed by atoms with Crippen LogP contribution in [-0.2, 0) is 4.79 Å². The van der Waals surface area contributed by atoms with Crippen molar-refractivity contribution >= 4 is 28.6 Å². The van der Waals surface area contributed by atoms with Crippen LogP contribution < -0.4 is 0 Å². The highest BCUT2D eigenvalue weighted by Gasteiger charge is 2.33. The van der Waals surface area contributed by atoms with Crippen LogP contribution in [0.1, 0.15) is 30.7 Å². The maximum absolute atomic E-state index is 12.0. The number of carbonyl (C=O) groups is 1. The molecule has 1 aromatic heterocycles. The van der Waals surface area contributed by atoms with Crippen LogP contribution in [0, 0.1) is 0 Å². The molecule has 1 aromatic carbocycles. The second-order valence-corrected chi connectivity index (χ2v) is 5.96. The highest BCUT2D eigenvalue weighted by Crippen LogP contribution is 2.41. The highest BCUT2D eigenvalue weighted by atomic mass is 32.2. The lowest BCUT2D eigenvalue weighted by Gasteiger charge is -2.23. The standard InChI is InChI=1S/C15H18N2OS/c1-2-3-8-17-14(18)10-19-15(17)12-9-16-13-7-5-4-6-11(12)13/h4-7,9,15-16H,2-3,8,10H2,1H3. The van der Waals surface area contributed by atoms with Gasteiger partial charge in [0.2, 0.25) is 5.91 Å². The van der Waals surface area contributed by atoms with Crippen molar-refractivity contribution in [1.29, 1.82) is 0 Å². The smallest absolute Gasteiger partial charge is 0.233 e. The third-order valence-electron chi connectivity index (χ3n) is 3.61. The van der Waals surface area contributed by atoms with Gasteiger partial charge in [-0.3, -0.25) is 4.79 Å². The number of hydrogen-bond acceptors (Lipinski definition) is 2. The van der Waals surface area contributed by atoms with Gasteiger partial charge in [-0.05, 0) is 12.5 Å². The fourth-order valence-corrected chi connectivity index (χ4v) is 3.82. The monoisotopic (exact) mass is 274 g/mol. The molecule has 1 fully saturated rings. The number of benzene rings is 1. The normalized spacial score (nSPS) is 19.5. The molecule has 2 heterocycles. The summed E-state index contributed by atoms with van der Waals surface area (Å²) in [6.45, 7) is 3.03. The van der Waals surface area contributed by atoms with Crippen molar-refractivity contribution < 1.29 is 4.79 Å². The van der Waals surface area contributed by atoms with Crippen molar-refractivity contribution in [2.75, 3.05) is 12.3 Å². The molecule has 1 amide bonds. The van der Waals surface area contributed by atoms with E-state index in [0.717, 1.165) is 24.9 Å². The summed E-state index contributed by atoms with van der Waals surface area (Å²) in [6, 6.07) is 8.29. The molecule has 1 aliphatic rings. The lowest BCUT2D eigenvalue weighted by Crippen LogP contribution is -2.29. The fraction of sp³-hybridized carbons (Fsp3) is 0.400. The van der Waals surface area contributed by atoms with E-state index in [1.807, 2.05) is 11.0 Å². The summed E-state index contributed by atoms with van der Waals surface area (Å²) >= 11 is 1.74.